The topological polar surface area (TPSA) is 20.2 Å². The number of hydrogen-bond acceptors (Lipinski definition) is 1. The maximum Gasteiger partial charge on any atom is 0.0571 e. The Hall–Kier alpha value is -0.0400. The van der Waals surface area contributed by atoms with E-state index in [4.69, 9.17) is 0 Å². The van der Waals surface area contributed by atoms with Gasteiger partial charge in [-0.3, -0.25) is 0 Å². The van der Waals surface area contributed by atoms with Crippen molar-refractivity contribution < 1.29 is 5.11 Å². The molecule has 0 aliphatic heterocycles. The summed E-state index contributed by atoms with van der Waals surface area (Å²) in [4.78, 5) is 0. The van der Waals surface area contributed by atoms with Crippen LogP contribution in [0.1, 0.15) is 78.1 Å². The Morgan fingerprint density at radius 3 is 2.50 bits per heavy atom. The van der Waals surface area contributed by atoms with Gasteiger partial charge in [0.25, 0.3) is 0 Å². The lowest BCUT2D eigenvalue weighted by Crippen LogP contribution is -2.34. The third-order valence-electron chi connectivity index (χ3n) is 5.55. The first kappa shape index (κ1) is 14.4. The van der Waals surface area contributed by atoms with Crippen LogP contribution in [0.5, 0.6) is 0 Å². The lowest BCUT2D eigenvalue weighted by Gasteiger charge is -2.41. The number of rotatable bonds is 5. The molecule has 0 aromatic heterocycles. The molecule has 2 aliphatic carbocycles. The zero-order valence-electron chi connectivity index (χ0n) is 12.4. The number of hydrogen-bond donors (Lipinski definition) is 1. The first-order valence-corrected chi connectivity index (χ1v) is 8.38. The van der Waals surface area contributed by atoms with E-state index in [1.165, 1.54) is 57.8 Å². The minimum absolute atomic E-state index is 0.0190. The van der Waals surface area contributed by atoms with Gasteiger partial charge in [-0.05, 0) is 49.4 Å². The van der Waals surface area contributed by atoms with Crippen LogP contribution < -0.4 is 0 Å². The second-order valence-electron chi connectivity index (χ2n) is 7.07. The minimum atomic E-state index is -0.0190. The third-order valence-corrected chi connectivity index (χ3v) is 5.55. The average molecular weight is 252 g/mol. The van der Waals surface area contributed by atoms with Crippen molar-refractivity contribution in [3.05, 3.63) is 0 Å². The van der Waals surface area contributed by atoms with E-state index < -0.39 is 0 Å². The summed E-state index contributed by atoms with van der Waals surface area (Å²) in [6, 6.07) is 0. The molecule has 5 unspecified atom stereocenters. The molecule has 5 atom stereocenters. The monoisotopic (exact) mass is 252 g/mol. The van der Waals surface area contributed by atoms with Crippen molar-refractivity contribution in [2.75, 3.05) is 0 Å². The normalized spacial score (nSPS) is 35.8. The van der Waals surface area contributed by atoms with E-state index in [0.717, 1.165) is 18.3 Å². The standard InChI is InChI=1S/C17H32O/c1-3-6-13(2)11-17(18)16-10-9-14-7-4-5-8-15(14)12-16/h13-18H,3-12H2,1-2H3. The van der Waals surface area contributed by atoms with Crippen molar-refractivity contribution in [2.45, 2.75) is 84.2 Å². The first-order chi connectivity index (χ1) is 8.70. The zero-order valence-corrected chi connectivity index (χ0v) is 12.4. The molecule has 1 N–H and O–H groups in total. The summed E-state index contributed by atoms with van der Waals surface area (Å²) in [5, 5.41) is 10.5. The summed E-state index contributed by atoms with van der Waals surface area (Å²) in [5.41, 5.74) is 0. The summed E-state index contributed by atoms with van der Waals surface area (Å²) in [5.74, 6) is 3.28. The molecular weight excluding hydrogens is 220 g/mol. The van der Waals surface area contributed by atoms with Crippen molar-refractivity contribution in [3.8, 4) is 0 Å². The Morgan fingerprint density at radius 1 is 1.06 bits per heavy atom. The fourth-order valence-electron chi connectivity index (χ4n) is 4.47. The summed E-state index contributed by atoms with van der Waals surface area (Å²) in [6.45, 7) is 4.55. The molecule has 0 radical (unpaired) electrons. The molecule has 2 fully saturated rings. The molecule has 0 heterocycles. The highest BCUT2D eigenvalue weighted by Gasteiger charge is 2.34. The Balaban J connectivity index is 1.78. The Labute approximate surface area is 113 Å². The first-order valence-electron chi connectivity index (χ1n) is 8.38. The molecule has 2 rings (SSSR count). The molecule has 0 aromatic carbocycles. The smallest absolute Gasteiger partial charge is 0.0571 e. The second kappa shape index (κ2) is 6.93. The molecule has 18 heavy (non-hydrogen) atoms. The van der Waals surface area contributed by atoms with Gasteiger partial charge in [-0.15, -0.1) is 0 Å². The van der Waals surface area contributed by atoms with Gasteiger partial charge in [0.05, 0.1) is 6.10 Å². The highest BCUT2D eigenvalue weighted by atomic mass is 16.3. The van der Waals surface area contributed by atoms with Crippen LogP contribution >= 0.6 is 0 Å². The molecule has 0 saturated heterocycles. The fourth-order valence-corrected chi connectivity index (χ4v) is 4.47. The fraction of sp³-hybridized carbons (Fsp3) is 1.00. The van der Waals surface area contributed by atoms with Gasteiger partial charge in [0.1, 0.15) is 0 Å². The molecule has 0 spiro atoms. The van der Waals surface area contributed by atoms with Crippen LogP contribution in [0.15, 0.2) is 0 Å². The van der Waals surface area contributed by atoms with Crippen molar-refractivity contribution in [2.24, 2.45) is 23.7 Å². The van der Waals surface area contributed by atoms with Gasteiger partial charge >= 0.3 is 0 Å². The summed E-state index contributed by atoms with van der Waals surface area (Å²) < 4.78 is 0. The molecule has 2 saturated carbocycles. The molecule has 0 aromatic rings. The maximum absolute atomic E-state index is 10.5. The van der Waals surface area contributed by atoms with Gasteiger partial charge in [-0.1, -0.05) is 52.4 Å². The summed E-state index contributed by atoms with van der Waals surface area (Å²) in [6.07, 6.45) is 13.4. The largest absolute Gasteiger partial charge is 0.393 e. The van der Waals surface area contributed by atoms with Gasteiger partial charge < -0.3 is 5.11 Å². The molecule has 106 valence electrons. The second-order valence-corrected chi connectivity index (χ2v) is 7.07. The predicted molar refractivity (Wildman–Crippen MR) is 77.5 cm³/mol. The summed E-state index contributed by atoms with van der Waals surface area (Å²) >= 11 is 0. The highest BCUT2D eigenvalue weighted by Crippen LogP contribution is 2.44. The SMILES string of the molecule is CCCC(C)CC(O)C1CCC2CCCCC2C1. The van der Waals surface area contributed by atoms with Crippen molar-refractivity contribution in [1.29, 1.82) is 0 Å². The number of fused-ring (bicyclic) bond motifs is 1. The van der Waals surface area contributed by atoms with Gasteiger partial charge in [0.2, 0.25) is 0 Å². The minimum Gasteiger partial charge on any atom is -0.393 e. The van der Waals surface area contributed by atoms with Gasteiger partial charge in [-0.25, -0.2) is 0 Å². The molecular formula is C17H32O. The van der Waals surface area contributed by atoms with Crippen molar-refractivity contribution >= 4 is 0 Å². The molecule has 1 nitrogen and oxygen atoms in total. The lowest BCUT2D eigenvalue weighted by atomic mass is 9.66. The molecule has 2 aliphatic rings. The van der Waals surface area contributed by atoms with Crippen LogP contribution in [0.3, 0.4) is 0 Å². The maximum atomic E-state index is 10.5. The van der Waals surface area contributed by atoms with Crippen LogP contribution in [0.2, 0.25) is 0 Å². The van der Waals surface area contributed by atoms with Gasteiger partial charge in [0, 0.05) is 0 Å². The van der Waals surface area contributed by atoms with Crippen molar-refractivity contribution in [1.82, 2.24) is 0 Å². The van der Waals surface area contributed by atoms with Gasteiger partial charge in [0.15, 0.2) is 0 Å². The van der Waals surface area contributed by atoms with E-state index >= 15 is 0 Å². The Bertz CT molecular complexity index is 238. The third kappa shape index (κ3) is 3.73. The van der Waals surface area contributed by atoms with Crippen LogP contribution in [-0.2, 0) is 0 Å². The quantitative estimate of drug-likeness (QED) is 0.746. The van der Waals surface area contributed by atoms with Crippen LogP contribution in [-0.4, -0.2) is 11.2 Å². The van der Waals surface area contributed by atoms with E-state index in [1.54, 1.807) is 0 Å². The van der Waals surface area contributed by atoms with Crippen LogP contribution in [0.25, 0.3) is 0 Å². The zero-order chi connectivity index (χ0) is 13.0. The lowest BCUT2D eigenvalue weighted by molar-refractivity contribution is 0.0226. The predicted octanol–water partition coefficient (Wildman–Crippen LogP) is 4.78. The van der Waals surface area contributed by atoms with E-state index in [0.29, 0.717) is 11.8 Å². The van der Waals surface area contributed by atoms with E-state index in [-0.39, 0.29) is 6.10 Å². The Morgan fingerprint density at radius 2 is 1.78 bits per heavy atom. The van der Waals surface area contributed by atoms with Crippen LogP contribution in [0.4, 0.5) is 0 Å². The number of aliphatic hydroxyl groups excluding tert-OH is 1. The Kier molecular flexibility index (Phi) is 5.54. The van der Waals surface area contributed by atoms with Crippen molar-refractivity contribution in [3.63, 3.8) is 0 Å². The average Bonchev–Trinajstić information content (AvgIpc) is 2.38. The molecule has 0 bridgehead atoms. The van der Waals surface area contributed by atoms with E-state index in [1.807, 2.05) is 0 Å². The van der Waals surface area contributed by atoms with Crippen LogP contribution in [0, 0.1) is 23.7 Å². The molecule has 1 heteroatoms. The summed E-state index contributed by atoms with van der Waals surface area (Å²) in [7, 11) is 0. The van der Waals surface area contributed by atoms with Gasteiger partial charge in [-0.2, -0.15) is 0 Å². The van der Waals surface area contributed by atoms with E-state index in [9.17, 15) is 5.11 Å². The van der Waals surface area contributed by atoms with E-state index in [2.05, 4.69) is 13.8 Å². The molecule has 0 amide bonds. The highest BCUT2D eigenvalue weighted by molar-refractivity contribution is 4.86. The number of aliphatic hydroxyl groups is 1.